The van der Waals surface area contributed by atoms with Crippen molar-refractivity contribution in [2.45, 2.75) is 26.8 Å². The smallest absolute Gasteiger partial charge is 0.104 e. The quantitative estimate of drug-likeness (QED) is 0.366. The summed E-state index contributed by atoms with van der Waals surface area (Å²) in [5.74, 6) is 3.90. The van der Waals surface area contributed by atoms with Crippen LogP contribution in [0.5, 0.6) is 0 Å². The molecule has 0 saturated heterocycles. The van der Waals surface area contributed by atoms with Crippen LogP contribution in [-0.2, 0) is 0 Å². The SMILES string of the molecule is C[SiH2]C#CCC(C)C. The summed E-state index contributed by atoms with van der Waals surface area (Å²) < 4.78 is 0. The van der Waals surface area contributed by atoms with Crippen LogP contribution in [0, 0.1) is 17.4 Å². The molecular weight excluding hydrogens is 112 g/mol. The first-order valence-electron chi connectivity index (χ1n) is 3.23. The summed E-state index contributed by atoms with van der Waals surface area (Å²) in [6.45, 7) is 6.62. The van der Waals surface area contributed by atoms with Gasteiger partial charge in [0, 0.05) is 6.42 Å². The van der Waals surface area contributed by atoms with E-state index in [1.54, 1.807) is 0 Å². The average molecular weight is 126 g/mol. The van der Waals surface area contributed by atoms with Crippen LogP contribution < -0.4 is 0 Å². The molecule has 0 aliphatic carbocycles. The number of hydrogen-bond acceptors (Lipinski definition) is 0. The van der Waals surface area contributed by atoms with E-state index in [2.05, 4.69) is 31.9 Å². The fraction of sp³-hybridized carbons (Fsp3) is 0.714. The van der Waals surface area contributed by atoms with Crippen molar-refractivity contribution >= 4 is 9.52 Å². The van der Waals surface area contributed by atoms with Crippen molar-refractivity contribution in [1.82, 2.24) is 0 Å². The van der Waals surface area contributed by atoms with Crippen LogP contribution in [0.15, 0.2) is 0 Å². The zero-order valence-electron chi connectivity index (χ0n) is 5.99. The molecule has 0 aliphatic heterocycles. The second-order valence-electron chi connectivity index (χ2n) is 2.31. The van der Waals surface area contributed by atoms with Gasteiger partial charge in [0.25, 0.3) is 0 Å². The van der Waals surface area contributed by atoms with E-state index in [9.17, 15) is 0 Å². The summed E-state index contributed by atoms with van der Waals surface area (Å²) >= 11 is 0. The van der Waals surface area contributed by atoms with Crippen molar-refractivity contribution < 1.29 is 0 Å². The van der Waals surface area contributed by atoms with Gasteiger partial charge in [-0.05, 0) is 5.92 Å². The van der Waals surface area contributed by atoms with Gasteiger partial charge >= 0.3 is 0 Å². The molecule has 0 amide bonds. The second kappa shape index (κ2) is 4.92. The van der Waals surface area contributed by atoms with Crippen molar-refractivity contribution in [1.29, 1.82) is 0 Å². The molecule has 0 aromatic heterocycles. The lowest BCUT2D eigenvalue weighted by Gasteiger charge is -1.91. The van der Waals surface area contributed by atoms with Crippen LogP contribution >= 0.6 is 0 Å². The first-order valence-corrected chi connectivity index (χ1v) is 5.35. The predicted molar refractivity (Wildman–Crippen MR) is 41.6 cm³/mol. The van der Waals surface area contributed by atoms with Gasteiger partial charge in [0.1, 0.15) is 9.52 Å². The molecule has 0 atom stereocenters. The lowest BCUT2D eigenvalue weighted by Crippen LogP contribution is -1.82. The van der Waals surface area contributed by atoms with E-state index in [4.69, 9.17) is 0 Å². The van der Waals surface area contributed by atoms with E-state index in [0.717, 1.165) is 12.3 Å². The van der Waals surface area contributed by atoms with Crippen LogP contribution in [0.4, 0.5) is 0 Å². The van der Waals surface area contributed by atoms with Gasteiger partial charge in [0.15, 0.2) is 0 Å². The van der Waals surface area contributed by atoms with Gasteiger partial charge < -0.3 is 0 Å². The standard InChI is InChI=1S/C7H14Si/c1-7(2)5-4-6-8-3/h7H,5,8H2,1-3H3. The van der Waals surface area contributed by atoms with E-state index in [1.807, 2.05) is 0 Å². The molecule has 0 radical (unpaired) electrons. The summed E-state index contributed by atoms with van der Waals surface area (Å²) in [6.07, 6.45) is 1.08. The van der Waals surface area contributed by atoms with Crippen LogP contribution in [0.3, 0.4) is 0 Å². The van der Waals surface area contributed by atoms with Gasteiger partial charge in [0.2, 0.25) is 0 Å². The Morgan fingerprint density at radius 1 is 1.50 bits per heavy atom. The largest absolute Gasteiger partial charge is 0.140 e. The van der Waals surface area contributed by atoms with Crippen molar-refractivity contribution in [3.63, 3.8) is 0 Å². The van der Waals surface area contributed by atoms with Gasteiger partial charge in [-0.3, -0.25) is 0 Å². The summed E-state index contributed by atoms with van der Waals surface area (Å²) in [6, 6.07) is 0. The summed E-state index contributed by atoms with van der Waals surface area (Å²) in [5, 5.41) is 0. The van der Waals surface area contributed by atoms with Crippen molar-refractivity contribution in [3.8, 4) is 11.5 Å². The van der Waals surface area contributed by atoms with E-state index < -0.39 is 0 Å². The second-order valence-corrected chi connectivity index (χ2v) is 3.37. The molecule has 0 fully saturated rings. The molecule has 0 saturated carbocycles. The fourth-order valence-electron chi connectivity index (χ4n) is 0.401. The van der Waals surface area contributed by atoms with Gasteiger partial charge in [-0.2, -0.15) is 0 Å². The van der Waals surface area contributed by atoms with Gasteiger partial charge in [-0.25, -0.2) is 0 Å². The highest BCUT2D eigenvalue weighted by Gasteiger charge is 1.84. The zero-order chi connectivity index (χ0) is 6.41. The van der Waals surface area contributed by atoms with Gasteiger partial charge in [-0.15, -0.1) is 11.5 Å². The predicted octanol–water partition coefficient (Wildman–Crippen LogP) is 1.21. The molecular formula is C7H14Si. The summed E-state index contributed by atoms with van der Waals surface area (Å²) in [7, 11) is 0.00991. The first-order chi connectivity index (χ1) is 3.77. The lowest BCUT2D eigenvalue weighted by atomic mass is 10.1. The number of hydrogen-bond donors (Lipinski definition) is 0. The fourth-order valence-corrected chi connectivity index (χ4v) is 0.796. The molecule has 1 heteroatoms. The van der Waals surface area contributed by atoms with Crippen LogP contribution in [0.25, 0.3) is 0 Å². The minimum absolute atomic E-state index is 0.00991. The van der Waals surface area contributed by atoms with Gasteiger partial charge in [-0.1, -0.05) is 20.4 Å². The minimum atomic E-state index is 0.00991. The van der Waals surface area contributed by atoms with E-state index in [0.29, 0.717) is 0 Å². The molecule has 0 unspecified atom stereocenters. The molecule has 46 valence electrons. The van der Waals surface area contributed by atoms with Gasteiger partial charge in [0.05, 0.1) is 0 Å². The Hall–Kier alpha value is -0.223. The molecule has 8 heavy (non-hydrogen) atoms. The zero-order valence-corrected chi connectivity index (χ0v) is 7.41. The van der Waals surface area contributed by atoms with E-state index in [1.165, 1.54) is 0 Å². The Balaban J connectivity index is 3.15. The maximum atomic E-state index is 3.17. The number of rotatable bonds is 1. The molecule has 0 heterocycles. The maximum absolute atomic E-state index is 3.17. The Bertz CT molecular complexity index is 94.7. The van der Waals surface area contributed by atoms with E-state index in [-0.39, 0.29) is 9.52 Å². The van der Waals surface area contributed by atoms with Crippen molar-refractivity contribution in [2.24, 2.45) is 5.92 Å². The van der Waals surface area contributed by atoms with Crippen molar-refractivity contribution in [2.75, 3.05) is 0 Å². The summed E-state index contributed by atoms with van der Waals surface area (Å²) in [4.78, 5) is 0. The Morgan fingerprint density at radius 2 is 2.12 bits per heavy atom. The molecule has 0 spiro atoms. The molecule has 0 rings (SSSR count). The average Bonchev–Trinajstić information content (AvgIpc) is 1.66. The third-order valence-corrected chi connectivity index (χ3v) is 1.42. The molecule has 0 aromatic rings. The third-order valence-electron chi connectivity index (χ3n) is 0.812. The maximum Gasteiger partial charge on any atom is 0.104 e. The molecule has 0 N–H and O–H groups in total. The molecule has 0 aromatic carbocycles. The highest BCUT2D eigenvalue weighted by molar-refractivity contribution is 6.44. The minimum Gasteiger partial charge on any atom is -0.140 e. The van der Waals surface area contributed by atoms with Crippen molar-refractivity contribution in [3.05, 3.63) is 0 Å². The normalized spacial score (nSPS) is 10.0. The lowest BCUT2D eigenvalue weighted by molar-refractivity contribution is 0.676. The molecule has 0 bridgehead atoms. The molecule has 0 nitrogen and oxygen atoms in total. The highest BCUT2D eigenvalue weighted by atomic mass is 28.2. The highest BCUT2D eigenvalue weighted by Crippen LogP contribution is 1.94. The first kappa shape index (κ1) is 7.78. The Kier molecular flexibility index (Phi) is 4.79. The van der Waals surface area contributed by atoms with E-state index >= 15 is 0 Å². The van der Waals surface area contributed by atoms with Crippen LogP contribution in [0.2, 0.25) is 6.55 Å². The third kappa shape index (κ3) is 5.78. The summed E-state index contributed by atoms with van der Waals surface area (Å²) in [5.41, 5.74) is 3.17. The van der Waals surface area contributed by atoms with Crippen LogP contribution in [-0.4, -0.2) is 9.52 Å². The topological polar surface area (TPSA) is 0 Å². The monoisotopic (exact) mass is 126 g/mol. The molecule has 0 aliphatic rings. The Morgan fingerprint density at radius 3 is 2.50 bits per heavy atom. The Labute approximate surface area is 54.5 Å². The van der Waals surface area contributed by atoms with Crippen LogP contribution in [0.1, 0.15) is 20.3 Å².